The van der Waals surface area contributed by atoms with E-state index in [-0.39, 0.29) is 12.2 Å². The van der Waals surface area contributed by atoms with Gasteiger partial charge >= 0.3 is 0 Å². The van der Waals surface area contributed by atoms with Gasteiger partial charge < -0.3 is 14.2 Å². The minimum absolute atomic E-state index is 0.0956. The van der Waals surface area contributed by atoms with Crippen molar-refractivity contribution in [2.75, 3.05) is 32.8 Å². The highest BCUT2D eigenvalue weighted by Crippen LogP contribution is 2.40. The summed E-state index contributed by atoms with van der Waals surface area (Å²) in [6.45, 7) is 7.85. The molecule has 2 aliphatic heterocycles. The Labute approximate surface area is 154 Å². The molecule has 24 heavy (non-hydrogen) atoms. The molecular weight excluding hydrogens is 349 g/mol. The molecule has 0 N–H and O–H groups in total. The molecule has 0 spiro atoms. The van der Waals surface area contributed by atoms with Crippen molar-refractivity contribution >= 4 is 23.2 Å². The van der Waals surface area contributed by atoms with Gasteiger partial charge in [0.2, 0.25) is 5.79 Å². The maximum Gasteiger partial charge on any atom is 0.210 e. The fraction of sp³-hybridized carbons (Fsp3) is 0.667. The number of likely N-dealkylation sites (tertiary alicyclic amines) is 1. The minimum Gasteiger partial charge on any atom is -0.376 e. The third kappa shape index (κ3) is 4.24. The van der Waals surface area contributed by atoms with Gasteiger partial charge in [-0.05, 0) is 51.9 Å². The van der Waals surface area contributed by atoms with Crippen molar-refractivity contribution in [3.05, 3.63) is 33.8 Å². The van der Waals surface area contributed by atoms with E-state index in [1.54, 1.807) is 6.07 Å². The molecule has 2 heterocycles. The summed E-state index contributed by atoms with van der Waals surface area (Å²) >= 11 is 12.5. The van der Waals surface area contributed by atoms with Crippen molar-refractivity contribution in [3.63, 3.8) is 0 Å². The summed E-state index contributed by atoms with van der Waals surface area (Å²) < 4.78 is 18.2. The minimum atomic E-state index is -0.850. The largest absolute Gasteiger partial charge is 0.376 e. The lowest BCUT2D eigenvalue weighted by atomic mass is 10.0. The Kier molecular flexibility index (Phi) is 6.07. The lowest BCUT2D eigenvalue weighted by Gasteiger charge is -2.33. The van der Waals surface area contributed by atoms with Crippen molar-refractivity contribution in [2.24, 2.45) is 0 Å². The lowest BCUT2D eigenvalue weighted by molar-refractivity contribution is -0.193. The van der Waals surface area contributed by atoms with E-state index < -0.39 is 5.79 Å². The molecule has 2 unspecified atom stereocenters. The molecule has 0 aliphatic carbocycles. The predicted octanol–water partition coefficient (Wildman–Crippen LogP) is 4.08. The van der Waals surface area contributed by atoms with E-state index in [2.05, 4.69) is 4.90 Å². The van der Waals surface area contributed by atoms with E-state index in [1.165, 1.54) is 12.8 Å². The van der Waals surface area contributed by atoms with Gasteiger partial charge in [0.1, 0.15) is 6.10 Å². The molecule has 6 heteroatoms. The maximum absolute atomic E-state index is 6.47. The van der Waals surface area contributed by atoms with Gasteiger partial charge in [-0.15, -0.1) is 0 Å². The Morgan fingerprint density at radius 3 is 2.71 bits per heavy atom. The highest BCUT2D eigenvalue weighted by Gasteiger charge is 2.46. The van der Waals surface area contributed by atoms with Crippen LogP contribution in [0.25, 0.3) is 0 Å². The summed E-state index contributed by atoms with van der Waals surface area (Å²) in [5.74, 6) is -0.850. The molecule has 0 radical (unpaired) electrons. The van der Waals surface area contributed by atoms with Crippen LogP contribution in [0.2, 0.25) is 10.0 Å². The van der Waals surface area contributed by atoms with Crippen molar-refractivity contribution in [2.45, 2.75) is 44.7 Å². The van der Waals surface area contributed by atoms with Gasteiger partial charge in [-0.25, -0.2) is 0 Å². The Hall–Kier alpha value is -0.360. The molecule has 0 bridgehead atoms. The van der Waals surface area contributed by atoms with Gasteiger partial charge in [0.25, 0.3) is 0 Å². The second kappa shape index (κ2) is 7.90. The second-order valence-electron chi connectivity index (χ2n) is 6.79. The average Bonchev–Trinajstić information content (AvgIpc) is 3.16. The number of ether oxygens (including phenoxy) is 3. The standard InChI is InChI=1S/C18H25Cl2NO3/c1-13(2)22-10-15-11-23-18(24-15,12-21-7-3-4-8-21)16-6-5-14(19)9-17(16)20/h5-6,9,13,15H,3-4,7-8,10-12H2,1-2H3. The van der Waals surface area contributed by atoms with Gasteiger partial charge in [0.05, 0.1) is 30.9 Å². The van der Waals surface area contributed by atoms with Crippen LogP contribution in [-0.2, 0) is 20.0 Å². The zero-order chi connectivity index (χ0) is 17.2. The number of halogens is 2. The average molecular weight is 374 g/mol. The van der Waals surface area contributed by atoms with Crippen LogP contribution in [0.5, 0.6) is 0 Å². The van der Waals surface area contributed by atoms with Crippen molar-refractivity contribution in [1.29, 1.82) is 0 Å². The summed E-state index contributed by atoms with van der Waals surface area (Å²) in [6, 6.07) is 5.49. The quantitative estimate of drug-likeness (QED) is 0.751. The highest BCUT2D eigenvalue weighted by atomic mass is 35.5. The summed E-state index contributed by atoms with van der Waals surface area (Å²) in [4.78, 5) is 2.37. The van der Waals surface area contributed by atoms with Crippen LogP contribution in [0, 0.1) is 0 Å². The molecule has 2 aliphatic rings. The van der Waals surface area contributed by atoms with Crippen LogP contribution in [-0.4, -0.2) is 50.0 Å². The Balaban J connectivity index is 1.81. The maximum atomic E-state index is 6.47. The van der Waals surface area contributed by atoms with Gasteiger partial charge in [-0.3, -0.25) is 4.90 Å². The zero-order valence-electron chi connectivity index (χ0n) is 14.3. The fourth-order valence-corrected chi connectivity index (χ4v) is 3.84. The SMILES string of the molecule is CC(C)OCC1COC(CN2CCCC2)(c2ccc(Cl)cc2Cl)O1. The molecule has 4 nitrogen and oxygen atoms in total. The number of nitrogens with zero attached hydrogens (tertiary/aromatic N) is 1. The van der Waals surface area contributed by atoms with E-state index in [1.807, 2.05) is 26.0 Å². The Morgan fingerprint density at radius 2 is 2.04 bits per heavy atom. The molecular formula is C18H25Cl2NO3. The van der Waals surface area contributed by atoms with Crippen LogP contribution in [0.4, 0.5) is 0 Å². The molecule has 134 valence electrons. The molecule has 2 fully saturated rings. The van der Waals surface area contributed by atoms with Crippen LogP contribution in [0.15, 0.2) is 18.2 Å². The number of hydrogen-bond donors (Lipinski definition) is 0. The van der Waals surface area contributed by atoms with E-state index in [0.717, 1.165) is 18.7 Å². The zero-order valence-corrected chi connectivity index (χ0v) is 15.8. The van der Waals surface area contributed by atoms with Crippen molar-refractivity contribution in [3.8, 4) is 0 Å². The smallest absolute Gasteiger partial charge is 0.210 e. The predicted molar refractivity (Wildman–Crippen MR) is 95.7 cm³/mol. The first kappa shape index (κ1) is 18.4. The van der Waals surface area contributed by atoms with E-state index >= 15 is 0 Å². The van der Waals surface area contributed by atoms with Crippen LogP contribution < -0.4 is 0 Å². The van der Waals surface area contributed by atoms with Crippen LogP contribution in [0.3, 0.4) is 0 Å². The number of benzene rings is 1. The molecule has 2 atom stereocenters. The van der Waals surface area contributed by atoms with Gasteiger partial charge in [-0.2, -0.15) is 0 Å². The normalized spacial score (nSPS) is 28.1. The van der Waals surface area contributed by atoms with E-state index in [0.29, 0.717) is 29.8 Å². The summed E-state index contributed by atoms with van der Waals surface area (Å²) in [6.07, 6.45) is 2.50. The third-order valence-electron chi connectivity index (χ3n) is 4.45. The first-order valence-corrected chi connectivity index (χ1v) is 9.35. The van der Waals surface area contributed by atoms with Crippen molar-refractivity contribution < 1.29 is 14.2 Å². The summed E-state index contributed by atoms with van der Waals surface area (Å²) in [5.41, 5.74) is 0.840. The van der Waals surface area contributed by atoms with Gasteiger partial charge in [-0.1, -0.05) is 29.3 Å². The molecule has 3 rings (SSSR count). The first-order valence-electron chi connectivity index (χ1n) is 8.60. The molecule has 1 aromatic carbocycles. The first-order chi connectivity index (χ1) is 11.5. The molecule has 2 saturated heterocycles. The molecule has 0 saturated carbocycles. The summed E-state index contributed by atoms with van der Waals surface area (Å²) in [5, 5.41) is 1.19. The molecule has 1 aromatic rings. The number of hydrogen-bond acceptors (Lipinski definition) is 4. The van der Waals surface area contributed by atoms with Crippen molar-refractivity contribution in [1.82, 2.24) is 4.90 Å². The Bertz CT molecular complexity index is 563. The summed E-state index contributed by atoms with van der Waals surface area (Å²) in [7, 11) is 0. The number of rotatable bonds is 6. The van der Waals surface area contributed by atoms with Gasteiger partial charge in [0, 0.05) is 10.6 Å². The topological polar surface area (TPSA) is 30.9 Å². The molecule has 0 amide bonds. The Morgan fingerprint density at radius 1 is 1.29 bits per heavy atom. The fourth-order valence-electron chi connectivity index (χ4n) is 3.29. The molecule has 0 aromatic heterocycles. The monoisotopic (exact) mass is 373 g/mol. The van der Waals surface area contributed by atoms with Crippen LogP contribution >= 0.6 is 23.2 Å². The highest BCUT2D eigenvalue weighted by molar-refractivity contribution is 6.35. The lowest BCUT2D eigenvalue weighted by Crippen LogP contribution is -2.41. The van der Waals surface area contributed by atoms with Gasteiger partial charge in [0.15, 0.2) is 0 Å². The van der Waals surface area contributed by atoms with E-state index in [4.69, 9.17) is 37.4 Å². The van der Waals surface area contributed by atoms with E-state index in [9.17, 15) is 0 Å². The van der Waals surface area contributed by atoms with Crippen LogP contribution in [0.1, 0.15) is 32.3 Å². The second-order valence-corrected chi connectivity index (χ2v) is 7.64. The third-order valence-corrected chi connectivity index (χ3v) is 4.99.